The highest BCUT2D eigenvalue weighted by atomic mass is 32.1. The molecule has 13 heteroatoms. The number of aliphatic hydroxyl groups is 1. The minimum atomic E-state index is -5.70. The van der Waals surface area contributed by atoms with Gasteiger partial charge in [0.15, 0.2) is 0 Å². The quantitative estimate of drug-likeness (QED) is 0.319. The minimum Gasteiger partial charge on any atom is -0.396 e. The summed E-state index contributed by atoms with van der Waals surface area (Å²) in [5.74, 6) is -5.13. The number of aromatic nitrogens is 4. The number of rotatable bonds is 7. The topological polar surface area (TPSA) is 95.9 Å². The maximum Gasteiger partial charge on any atom is 0.455 e. The van der Waals surface area contributed by atoms with E-state index in [1.807, 2.05) is 30.5 Å². The number of thiazole rings is 1. The van der Waals surface area contributed by atoms with E-state index in [-0.39, 0.29) is 30.3 Å². The highest BCUT2D eigenvalue weighted by Gasteiger charge is 2.57. The first-order valence-corrected chi connectivity index (χ1v) is 11.2. The van der Waals surface area contributed by atoms with Crippen LogP contribution >= 0.6 is 11.3 Å². The highest BCUT2D eigenvalue weighted by Crippen LogP contribution is 2.38. The lowest BCUT2D eigenvalue weighted by molar-refractivity contribution is -0.275. The van der Waals surface area contributed by atoms with Crippen LogP contribution in [0.5, 0.6) is 0 Å². The van der Waals surface area contributed by atoms with Crippen LogP contribution in [0.2, 0.25) is 0 Å². The van der Waals surface area contributed by atoms with Crippen LogP contribution < -0.4 is 10.6 Å². The molecular weight excluding hydrogens is 479 g/mol. The normalized spacial score (nSPS) is 18.6. The van der Waals surface area contributed by atoms with Gasteiger partial charge in [-0.25, -0.2) is 9.97 Å². The lowest BCUT2D eigenvalue weighted by Gasteiger charge is -2.21. The molecule has 2 atom stereocenters. The van der Waals surface area contributed by atoms with Crippen molar-refractivity contribution in [3.8, 4) is 10.6 Å². The smallest absolute Gasteiger partial charge is 0.396 e. The second kappa shape index (κ2) is 9.02. The molecule has 0 spiro atoms. The minimum absolute atomic E-state index is 0.0339. The highest BCUT2D eigenvalue weighted by molar-refractivity contribution is 7.21. The van der Waals surface area contributed by atoms with Gasteiger partial charge in [0.25, 0.3) is 0 Å². The van der Waals surface area contributed by atoms with Gasteiger partial charge in [-0.1, -0.05) is 12.2 Å². The Bertz CT molecular complexity index is 1230. The number of aryl methyl sites for hydroxylation is 2. The van der Waals surface area contributed by atoms with Crippen LogP contribution in [0.4, 0.5) is 33.7 Å². The number of fused-ring (bicyclic) bond motifs is 1. The van der Waals surface area contributed by atoms with Crippen LogP contribution in [0.1, 0.15) is 17.8 Å². The van der Waals surface area contributed by atoms with E-state index in [4.69, 9.17) is 0 Å². The summed E-state index contributed by atoms with van der Waals surface area (Å²) < 4.78 is 65.4. The number of aliphatic hydroxyl groups excluding tert-OH is 1. The third-order valence-corrected chi connectivity index (χ3v) is 6.44. The molecule has 0 aromatic carbocycles. The molecule has 182 valence electrons. The summed E-state index contributed by atoms with van der Waals surface area (Å²) >= 11 is 1.36. The zero-order valence-electron chi connectivity index (χ0n) is 18.1. The predicted molar refractivity (Wildman–Crippen MR) is 119 cm³/mol. The molecule has 0 fully saturated rings. The van der Waals surface area contributed by atoms with Crippen LogP contribution in [-0.4, -0.2) is 56.3 Å². The number of halogens is 5. The van der Waals surface area contributed by atoms with Crippen molar-refractivity contribution in [1.29, 1.82) is 0 Å². The van der Waals surface area contributed by atoms with Gasteiger partial charge in [-0.3, -0.25) is 4.98 Å². The number of anilines is 2. The Labute approximate surface area is 195 Å². The number of alkyl halides is 5. The van der Waals surface area contributed by atoms with E-state index in [1.165, 1.54) is 11.3 Å². The maximum absolute atomic E-state index is 13.4. The van der Waals surface area contributed by atoms with Gasteiger partial charge >= 0.3 is 12.1 Å². The van der Waals surface area contributed by atoms with Gasteiger partial charge in [0, 0.05) is 24.8 Å². The summed E-state index contributed by atoms with van der Waals surface area (Å²) in [6.07, 6.45) is 0.225. The van der Waals surface area contributed by atoms with E-state index in [0.29, 0.717) is 28.2 Å². The number of hydrogen-bond acceptors (Lipinski definition) is 8. The summed E-state index contributed by atoms with van der Waals surface area (Å²) in [6.45, 7) is 1.69. The standard InChI is InChI=1S/C21H21F5N6OS/c1-10-15(18-31-16-11(2)27-6-5-14(16)34-18)17(30-13-4-3-12(7-13)8-33)32-19(29-10)28-9-20(22,23)21(24,25)26/h3-6,12-13,33H,7-9H2,1-2H3,(H2,28,29,30,32). The lowest BCUT2D eigenvalue weighted by atomic mass is 10.1. The SMILES string of the molecule is Cc1nc(NCC(F)(F)C(F)(F)F)nc(NC2C=CC(CO)C2)c1-c1nc2c(C)nccc2s1. The zero-order chi connectivity index (χ0) is 24.7. The van der Waals surface area contributed by atoms with Crippen LogP contribution in [0, 0.1) is 19.8 Å². The van der Waals surface area contributed by atoms with E-state index in [1.54, 1.807) is 13.1 Å². The van der Waals surface area contributed by atoms with Gasteiger partial charge in [-0.2, -0.15) is 26.9 Å². The molecule has 1 aliphatic rings. The summed E-state index contributed by atoms with van der Waals surface area (Å²) in [6, 6.07) is 1.58. The largest absolute Gasteiger partial charge is 0.455 e. The first-order chi connectivity index (χ1) is 16.0. The van der Waals surface area contributed by atoms with Crippen molar-refractivity contribution in [2.24, 2.45) is 5.92 Å². The Morgan fingerprint density at radius 1 is 1.09 bits per heavy atom. The molecule has 7 nitrogen and oxygen atoms in total. The summed E-state index contributed by atoms with van der Waals surface area (Å²) in [5, 5.41) is 15.2. The van der Waals surface area contributed by atoms with E-state index in [2.05, 4.69) is 25.3 Å². The molecule has 0 aliphatic heterocycles. The van der Waals surface area contributed by atoms with Gasteiger partial charge in [0.05, 0.1) is 28.2 Å². The number of nitrogens with zero attached hydrogens (tertiary/aromatic N) is 4. The average Bonchev–Trinajstić information content (AvgIpc) is 3.39. The molecular formula is C21H21F5N6OS. The predicted octanol–water partition coefficient (Wildman–Crippen LogP) is 4.72. The second-order valence-corrected chi connectivity index (χ2v) is 9.02. The Kier molecular flexibility index (Phi) is 6.42. The van der Waals surface area contributed by atoms with Crippen molar-refractivity contribution >= 4 is 33.3 Å². The molecule has 3 N–H and O–H groups in total. The van der Waals surface area contributed by atoms with Crippen LogP contribution in [-0.2, 0) is 0 Å². The number of pyridine rings is 1. The number of nitrogens with one attached hydrogen (secondary N) is 2. The van der Waals surface area contributed by atoms with Gasteiger partial charge in [0.1, 0.15) is 16.3 Å². The third kappa shape index (κ3) is 4.80. The third-order valence-electron chi connectivity index (χ3n) is 5.41. The fourth-order valence-corrected chi connectivity index (χ4v) is 4.69. The molecule has 3 aromatic rings. The van der Waals surface area contributed by atoms with Crippen LogP contribution in [0.25, 0.3) is 20.8 Å². The van der Waals surface area contributed by atoms with Crippen molar-refractivity contribution < 1.29 is 27.1 Å². The fraction of sp³-hybridized carbons (Fsp3) is 0.429. The molecule has 3 heterocycles. The zero-order valence-corrected chi connectivity index (χ0v) is 18.9. The van der Waals surface area contributed by atoms with E-state index < -0.39 is 18.6 Å². The molecule has 0 amide bonds. The monoisotopic (exact) mass is 500 g/mol. The summed E-state index contributed by atoms with van der Waals surface area (Å²) in [5.41, 5.74) is 2.28. The van der Waals surface area contributed by atoms with E-state index >= 15 is 0 Å². The van der Waals surface area contributed by atoms with Crippen LogP contribution in [0.3, 0.4) is 0 Å². The molecule has 4 rings (SSSR count). The molecule has 0 saturated carbocycles. The molecule has 34 heavy (non-hydrogen) atoms. The van der Waals surface area contributed by atoms with Crippen molar-refractivity contribution in [1.82, 2.24) is 19.9 Å². The molecule has 0 saturated heterocycles. The second-order valence-electron chi connectivity index (χ2n) is 7.99. The summed E-state index contributed by atoms with van der Waals surface area (Å²) in [7, 11) is 0. The van der Waals surface area contributed by atoms with Crippen molar-refractivity contribution in [3.63, 3.8) is 0 Å². The lowest BCUT2D eigenvalue weighted by Crippen LogP contribution is -2.42. The maximum atomic E-state index is 13.4. The summed E-state index contributed by atoms with van der Waals surface area (Å²) in [4.78, 5) is 17.2. The van der Waals surface area contributed by atoms with E-state index in [9.17, 15) is 27.1 Å². The van der Waals surface area contributed by atoms with Gasteiger partial charge < -0.3 is 15.7 Å². The Morgan fingerprint density at radius 3 is 2.50 bits per heavy atom. The Hall–Kier alpha value is -2.93. The molecule has 0 bridgehead atoms. The van der Waals surface area contributed by atoms with Crippen molar-refractivity contribution in [2.45, 2.75) is 38.4 Å². The molecule has 2 unspecified atom stereocenters. The first kappa shape index (κ1) is 24.2. The van der Waals surface area contributed by atoms with Gasteiger partial charge in [0.2, 0.25) is 5.95 Å². The first-order valence-electron chi connectivity index (χ1n) is 10.3. The Morgan fingerprint density at radius 2 is 1.85 bits per heavy atom. The van der Waals surface area contributed by atoms with Crippen molar-refractivity contribution in [3.05, 3.63) is 35.8 Å². The fourth-order valence-electron chi connectivity index (χ4n) is 3.58. The number of hydrogen-bond donors (Lipinski definition) is 3. The molecule has 3 aromatic heterocycles. The van der Waals surface area contributed by atoms with Crippen LogP contribution in [0.15, 0.2) is 24.4 Å². The van der Waals surface area contributed by atoms with E-state index in [0.717, 1.165) is 10.4 Å². The molecule has 1 aliphatic carbocycles. The average molecular weight is 500 g/mol. The Balaban J connectivity index is 1.72. The molecule has 0 radical (unpaired) electrons. The van der Waals surface area contributed by atoms with Gasteiger partial charge in [-0.05, 0) is 26.3 Å². The van der Waals surface area contributed by atoms with Crippen molar-refractivity contribution in [2.75, 3.05) is 23.8 Å². The van der Waals surface area contributed by atoms with Gasteiger partial charge in [-0.15, -0.1) is 11.3 Å².